The number of nitrogens with one attached hydrogen (secondary N) is 1. The van der Waals surface area contributed by atoms with Crippen molar-refractivity contribution < 1.29 is 24.2 Å². The lowest BCUT2D eigenvalue weighted by molar-refractivity contribution is -0.127. The summed E-state index contributed by atoms with van der Waals surface area (Å²) < 4.78 is 5.33. The van der Waals surface area contributed by atoms with Crippen molar-refractivity contribution >= 4 is 40.6 Å². The lowest BCUT2D eigenvalue weighted by Crippen LogP contribution is -2.36. The number of hydrogen-bond donors (Lipinski definition) is 2. The number of phenolic OH excluding ortho intramolecular Hbond substituents is 1. The van der Waals surface area contributed by atoms with Gasteiger partial charge in [-0.2, -0.15) is 0 Å². The van der Waals surface area contributed by atoms with Crippen molar-refractivity contribution in [1.82, 2.24) is 4.90 Å². The van der Waals surface area contributed by atoms with E-state index in [1.54, 1.807) is 43.3 Å². The van der Waals surface area contributed by atoms with Gasteiger partial charge in [-0.1, -0.05) is 24.3 Å². The molecule has 0 radical (unpaired) electrons. The summed E-state index contributed by atoms with van der Waals surface area (Å²) in [6.07, 6.45) is 1.42. The maximum atomic E-state index is 12.6. The van der Waals surface area contributed by atoms with E-state index in [4.69, 9.17) is 4.74 Å². The summed E-state index contributed by atoms with van der Waals surface area (Å²) in [5.41, 5.74) is 1.92. The number of carbonyl (C=O) groups is 3. The second kappa shape index (κ2) is 8.83. The van der Waals surface area contributed by atoms with Gasteiger partial charge in [0.05, 0.1) is 11.5 Å². The van der Waals surface area contributed by atoms with Crippen LogP contribution in [0.2, 0.25) is 0 Å². The zero-order valence-electron chi connectivity index (χ0n) is 16.0. The highest BCUT2D eigenvalue weighted by Crippen LogP contribution is 2.36. The molecule has 0 saturated carbocycles. The van der Waals surface area contributed by atoms with E-state index >= 15 is 0 Å². The Balaban J connectivity index is 1.73. The van der Waals surface area contributed by atoms with Crippen molar-refractivity contribution in [2.24, 2.45) is 0 Å². The van der Waals surface area contributed by atoms with Crippen LogP contribution in [-0.4, -0.2) is 40.2 Å². The number of carbonyl (C=O) groups excluding carboxylic acids is 3. The minimum Gasteiger partial charge on any atom is -0.504 e. The first-order valence-electron chi connectivity index (χ1n) is 8.95. The molecule has 3 rings (SSSR count). The number of imide groups is 1. The second-order valence-corrected chi connectivity index (χ2v) is 7.31. The third kappa shape index (κ3) is 4.78. The van der Waals surface area contributed by atoms with Gasteiger partial charge < -0.3 is 15.2 Å². The number of rotatable bonds is 6. The molecule has 0 aliphatic carbocycles. The molecule has 29 heavy (non-hydrogen) atoms. The van der Waals surface area contributed by atoms with Crippen LogP contribution in [0.15, 0.2) is 47.4 Å². The van der Waals surface area contributed by atoms with E-state index in [2.05, 4.69) is 5.32 Å². The van der Waals surface area contributed by atoms with Crippen molar-refractivity contribution in [3.63, 3.8) is 0 Å². The van der Waals surface area contributed by atoms with Gasteiger partial charge in [0.2, 0.25) is 5.91 Å². The maximum Gasteiger partial charge on any atom is 0.294 e. The number of phenols is 1. The number of nitrogens with zero attached hydrogens (tertiary/aromatic N) is 1. The molecular formula is C21H20N2O5S. The van der Waals surface area contributed by atoms with Crippen molar-refractivity contribution in [1.29, 1.82) is 0 Å². The molecule has 1 fully saturated rings. The number of hydrogen-bond acceptors (Lipinski definition) is 6. The van der Waals surface area contributed by atoms with Gasteiger partial charge in [-0.15, -0.1) is 0 Å². The Morgan fingerprint density at radius 3 is 2.72 bits per heavy atom. The Morgan fingerprint density at radius 1 is 1.24 bits per heavy atom. The lowest BCUT2D eigenvalue weighted by atomic mass is 10.1. The zero-order chi connectivity index (χ0) is 21.0. The fraction of sp³-hybridized carbons (Fsp3) is 0.190. The topological polar surface area (TPSA) is 95.9 Å². The second-order valence-electron chi connectivity index (χ2n) is 6.31. The summed E-state index contributed by atoms with van der Waals surface area (Å²) in [4.78, 5) is 38.1. The molecule has 1 aliphatic heterocycles. The Hall–Kier alpha value is -3.26. The van der Waals surface area contributed by atoms with Crippen LogP contribution in [0.4, 0.5) is 10.5 Å². The normalized spacial score (nSPS) is 15.1. The average Bonchev–Trinajstić information content (AvgIpc) is 2.92. The number of ether oxygens (including phenoxy) is 1. The number of benzene rings is 2. The van der Waals surface area contributed by atoms with E-state index in [1.165, 1.54) is 6.08 Å². The summed E-state index contributed by atoms with van der Waals surface area (Å²) in [7, 11) is 0. The largest absolute Gasteiger partial charge is 0.504 e. The lowest BCUT2D eigenvalue weighted by Gasteiger charge is -2.12. The smallest absolute Gasteiger partial charge is 0.294 e. The third-order valence-electron chi connectivity index (χ3n) is 4.09. The van der Waals surface area contributed by atoms with Crippen LogP contribution in [0.1, 0.15) is 18.1 Å². The van der Waals surface area contributed by atoms with E-state index in [-0.39, 0.29) is 22.9 Å². The first-order valence-corrected chi connectivity index (χ1v) is 9.77. The molecule has 1 saturated heterocycles. The van der Waals surface area contributed by atoms with Gasteiger partial charge in [-0.05, 0) is 55.4 Å². The van der Waals surface area contributed by atoms with Gasteiger partial charge in [0.1, 0.15) is 6.54 Å². The molecule has 8 heteroatoms. The molecule has 0 aromatic heterocycles. The van der Waals surface area contributed by atoms with Crippen LogP contribution in [0.25, 0.3) is 6.08 Å². The molecule has 1 aliphatic rings. The molecule has 2 N–H and O–H groups in total. The summed E-state index contributed by atoms with van der Waals surface area (Å²) >= 11 is 0.722. The Labute approximate surface area is 172 Å². The van der Waals surface area contributed by atoms with Gasteiger partial charge in [0.25, 0.3) is 11.1 Å². The molecule has 2 aromatic carbocycles. The van der Waals surface area contributed by atoms with Crippen LogP contribution >= 0.6 is 11.8 Å². The Morgan fingerprint density at radius 2 is 2.00 bits per heavy atom. The fourth-order valence-electron chi connectivity index (χ4n) is 2.77. The van der Waals surface area contributed by atoms with Crippen molar-refractivity contribution in [3.05, 3.63) is 58.5 Å². The van der Waals surface area contributed by atoms with Crippen molar-refractivity contribution in [3.8, 4) is 11.5 Å². The predicted molar refractivity (Wildman–Crippen MR) is 112 cm³/mol. The van der Waals surface area contributed by atoms with Crippen LogP contribution in [0.3, 0.4) is 0 Å². The van der Waals surface area contributed by atoms with E-state index < -0.39 is 17.1 Å². The highest BCUT2D eigenvalue weighted by Gasteiger charge is 2.36. The third-order valence-corrected chi connectivity index (χ3v) is 5.00. The molecule has 0 spiro atoms. The molecule has 150 valence electrons. The molecule has 0 bridgehead atoms. The van der Waals surface area contributed by atoms with Gasteiger partial charge in [0, 0.05) is 11.3 Å². The minimum atomic E-state index is -0.583. The van der Waals surface area contributed by atoms with Gasteiger partial charge in [-0.3, -0.25) is 19.3 Å². The van der Waals surface area contributed by atoms with Crippen molar-refractivity contribution in [2.45, 2.75) is 13.8 Å². The monoisotopic (exact) mass is 412 g/mol. The number of thioether (sulfide) groups is 1. The zero-order valence-corrected chi connectivity index (χ0v) is 16.8. The van der Waals surface area contributed by atoms with Gasteiger partial charge >= 0.3 is 0 Å². The van der Waals surface area contributed by atoms with Gasteiger partial charge in [-0.25, -0.2) is 0 Å². The SMILES string of the molecule is CCOc1cccc(/C=C2\SC(=O)N(CC(=O)Nc3cccc(C)c3)C2=O)c1O. The first kappa shape index (κ1) is 20.5. The maximum absolute atomic E-state index is 12.6. The number of amides is 3. The van der Waals surface area contributed by atoms with E-state index in [9.17, 15) is 19.5 Å². The average molecular weight is 412 g/mol. The Kier molecular flexibility index (Phi) is 6.23. The summed E-state index contributed by atoms with van der Waals surface area (Å²) in [5, 5.41) is 12.4. The van der Waals surface area contributed by atoms with Crippen LogP contribution in [0, 0.1) is 6.92 Å². The van der Waals surface area contributed by atoms with Gasteiger partial charge in [0.15, 0.2) is 11.5 Å². The summed E-state index contributed by atoms with van der Waals surface area (Å²) in [6.45, 7) is 3.68. The number of aromatic hydroxyl groups is 1. The molecule has 7 nitrogen and oxygen atoms in total. The number of para-hydroxylation sites is 1. The highest BCUT2D eigenvalue weighted by molar-refractivity contribution is 8.18. The van der Waals surface area contributed by atoms with Crippen molar-refractivity contribution in [2.75, 3.05) is 18.5 Å². The molecule has 2 aromatic rings. The first-order chi connectivity index (χ1) is 13.9. The van der Waals surface area contributed by atoms with E-state index in [0.717, 1.165) is 22.2 Å². The van der Waals surface area contributed by atoms with E-state index in [0.29, 0.717) is 17.9 Å². The highest BCUT2D eigenvalue weighted by atomic mass is 32.2. The quantitative estimate of drug-likeness (QED) is 0.701. The molecular weight excluding hydrogens is 392 g/mol. The number of aryl methyl sites for hydroxylation is 1. The fourth-order valence-corrected chi connectivity index (χ4v) is 3.60. The number of anilines is 1. The van der Waals surface area contributed by atoms with Crippen LogP contribution < -0.4 is 10.1 Å². The standard InChI is InChI=1S/C21H20N2O5S/c1-3-28-16-9-5-7-14(19(16)25)11-17-20(26)23(21(27)29-17)12-18(24)22-15-8-4-6-13(2)10-15/h4-11,25H,3,12H2,1-2H3,(H,22,24)/b17-11-. The minimum absolute atomic E-state index is 0.113. The van der Waals surface area contributed by atoms with Crippen LogP contribution in [0.5, 0.6) is 11.5 Å². The van der Waals surface area contributed by atoms with E-state index in [1.807, 2.05) is 13.0 Å². The summed E-state index contributed by atoms with van der Waals surface area (Å²) in [5.74, 6) is -0.878. The molecule has 0 unspecified atom stereocenters. The summed E-state index contributed by atoms with van der Waals surface area (Å²) in [6, 6.07) is 12.1. The van der Waals surface area contributed by atoms with Crippen LogP contribution in [-0.2, 0) is 9.59 Å². The molecule has 3 amide bonds. The predicted octanol–water partition coefficient (Wildman–Crippen LogP) is 3.77. The Bertz CT molecular complexity index is 1000. The molecule has 1 heterocycles. The molecule has 0 atom stereocenters.